The van der Waals surface area contributed by atoms with Crippen molar-refractivity contribution in [1.82, 2.24) is 4.57 Å². The first kappa shape index (κ1) is 21.4. The lowest BCUT2D eigenvalue weighted by Crippen LogP contribution is -2.19. The fraction of sp³-hybridized carbons (Fsp3) is 0.273. The molecule has 0 aliphatic carbocycles. The number of hydrogen-bond donors (Lipinski definition) is 0. The molecule has 30 heavy (non-hydrogen) atoms. The average molecular weight is 429 g/mol. The van der Waals surface area contributed by atoms with Gasteiger partial charge in [0.2, 0.25) is 0 Å². The molecular weight excluding hydrogens is 404 g/mol. The van der Waals surface area contributed by atoms with Crippen molar-refractivity contribution in [3.63, 3.8) is 0 Å². The van der Waals surface area contributed by atoms with Gasteiger partial charge in [-0.3, -0.25) is 4.79 Å². The van der Waals surface area contributed by atoms with E-state index in [0.717, 1.165) is 16.0 Å². The highest BCUT2D eigenvalue weighted by Crippen LogP contribution is 2.33. The number of thiazole rings is 1. The molecule has 0 saturated carbocycles. The van der Waals surface area contributed by atoms with Gasteiger partial charge in [-0.1, -0.05) is 17.4 Å². The van der Waals surface area contributed by atoms with E-state index in [9.17, 15) is 4.79 Å². The molecule has 0 bridgehead atoms. The lowest BCUT2D eigenvalue weighted by molar-refractivity contribution is -0.120. The van der Waals surface area contributed by atoms with E-state index in [-0.39, 0.29) is 12.5 Å². The predicted molar refractivity (Wildman–Crippen MR) is 117 cm³/mol. The zero-order valence-corrected chi connectivity index (χ0v) is 18.0. The third-order valence-corrected chi connectivity index (χ3v) is 5.26. The number of methoxy groups -OCH3 is 2. The third-order valence-electron chi connectivity index (χ3n) is 4.22. The summed E-state index contributed by atoms with van der Waals surface area (Å²) in [5.74, 6) is 2.17. The van der Waals surface area contributed by atoms with Gasteiger partial charge in [0.05, 0.1) is 31.0 Å². The highest BCUT2D eigenvalue weighted by molar-refractivity contribution is 7.16. The largest absolute Gasteiger partial charge is 0.494 e. The van der Waals surface area contributed by atoms with E-state index in [1.807, 2.05) is 23.6 Å². The van der Waals surface area contributed by atoms with Crippen LogP contribution in [0.15, 0.2) is 54.0 Å². The van der Waals surface area contributed by atoms with Crippen molar-refractivity contribution in [2.45, 2.75) is 13.5 Å². The van der Waals surface area contributed by atoms with Gasteiger partial charge >= 0.3 is 0 Å². The van der Waals surface area contributed by atoms with Crippen LogP contribution in [0.25, 0.3) is 10.2 Å². The second-order valence-electron chi connectivity index (χ2n) is 6.16. The molecule has 0 aliphatic rings. The van der Waals surface area contributed by atoms with Crippen LogP contribution in [0.1, 0.15) is 6.92 Å². The Balaban J connectivity index is 1.85. The maximum absolute atomic E-state index is 12.4. The SMILES string of the molecule is C=CCn1c(=NC(=O)COc2ccc(OCC)cc2)sc2cc(OC)c(OC)cc21. The number of carbonyl (C=O) groups excluding carboxylic acids is 1. The Hall–Kier alpha value is -3.26. The van der Waals surface area contributed by atoms with Gasteiger partial charge in [-0.25, -0.2) is 0 Å². The van der Waals surface area contributed by atoms with Gasteiger partial charge in [0.15, 0.2) is 22.9 Å². The van der Waals surface area contributed by atoms with E-state index in [2.05, 4.69) is 11.6 Å². The molecule has 0 N–H and O–H groups in total. The molecule has 0 saturated heterocycles. The molecular formula is C22H24N2O5S. The molecule has 3 aromatic rings. The van der Waals surface area contributed by atoms with Crippen LogP contribution in [0.5, 0.6) is 23.0 Å². The zero-order valence-electron chi connectivity index (χ0n) is 17.2. The van der Waals surface area contributed by atoms with Gasteiger partial charge in [-0.05, 0) is 31.2 Å². The number of benzene rings is 2. The third kappa shape index (κ3) is 4.83. The number of carbonyl (C=O) groups is 1. The van der Waals surface area contributed by atoms with E-state index in [0.29, 0.717) is 35.2 Å². The van der Waals surface area contributed by atoms with E-state index in [4.69, 9.17) is 18.9 Å². The lowest BCUT2D eigenvalue weighted by Gasteiger charge is -2.08. The van der Waals surface area contributed by atoms with Gasteiger partial charge in [0.25, 0.3) is 5.91 Å². The number of amides is 1. The summed E-state index contributed by atoms with van der Waals surface area (Å²) in [5.41, 5.74) is 0.886. The standard InChI is InChI=1S/C22H24N2O5S/c1-5-11-24-17-12-18(26-3)19(27-4)13-20(17)30-22(24)23-21(25)14-29-16-9-7-15(8-10-16)28-6-2/h5,7-10,12-13H,1,6,11,14H2,2-4H3. The van der Waals surface area contributed by atoms with Crippen molar-refractivity contribution in [2.24, 2.45) is 4.99 Å². The quantitative estimate of drug-likeness (QED) is 0.485. The van der Waals surface area contributed by atoms with Gasteiger partial charge < -0.3 is 23.5 Å². The van der Waals surface area contributed by atoms with Crippen LogP contribution >= 0.6 is 11.3 Å². The Bertz CT molecular complexity index is 1100. The second kappa shape index (κ2) is 9.98. The minimum atomic E-state index is -0.382. The molecule has 0 unspecified atom stereocenters. The molecule has 1 heterocycles. The first-order valence-corrected chi connectivity index (χ1v) is 10.2. The van der Waals surface area contributed by atoms with Crippen molar-refractivity contribution in [2.75, 3.05) is 27.4 Å². The van der Waals surface area contributed by atoms with Crippen molar-refractivity contribution >= 4 is 27.5 Å². The van der Waals surface area contributed by atoms with Gasteiger partial charge in [0, 0.05) is 18.7 Å². The first-order chi connectivity index (χ1) is 14.6. The normalized spacial score (nSPS) is 11.4. The highest BCUT2D eigenvalue weighted by atomic mass is 32.1. The Kier molecular flexibility index (Phi) is 7.13. The summed E-state index contributed by atoms with van der Waals surface area (Å²) in [4.78, 5) is 17.2. The molecule has 0 aliphatic heterocycles. The van der Waals surface area contributed by atoms with E-state index >= 15 is 0 Å². The Morgan fingerprint density at radius 3 is 2.33 bits per heavy atom. The minimum Gasteiger partial charge on any atom is -0.494 e. The maximum Gasteiger partial charge on any atom is 0.286 e. The number of rotatable bonds is 9. The molecule has 2 aromatic carbocycles. The van der Waals surface area contributed by atoms with Crippen LogP contribution in [0, 0.1) is 0 Å². The number of ether oxygens (including phenoxy) is 4. The monoisotopic (exact) mass is 428 g/mol. The molecule has 8 heteroatoms. The summed E-state index contributed by atoms with van der Waals surface area (Å²) in [7, 11) is 3.17. The highest BCUT2D eigenvalue weighted by Gasteiger charge is 2.13. The smallest absolute Gasteiger partial charge is 0.286 e. The zero-order chi connectivity index (χ0) is 21.5. The van der Waals surface area contributed by atoms with Crippen molar-refractivity contribution in [3.05, 3.63) is 53.9 Å². The molecule has 0 fully saturated rings. The van der Waals surface area contributed by atoms with Gasteiger partial charge in [0.1, 0.15) is 11.5 Å². The number of allylic oxidation sites excluding steroid dienone is 1. The van der Waals surface area contributed by atoms with Crippen LogP contribution < -0.4 is 23.7 Å². The molecule has 1 amide bonds. The van der Waals surface area contributed by atoms with E-state index < -0.39 is 0 Å². The molecule has 3 rings (SSSR count). The van der Waals surface area contributed by atoms with E-state index in [1.54, 1.807) is 44.6 Å². The van der Waals surface area contributed by atoms with Crippen molar-refractivity contribution < 1.29 is 23.7 Å². The minimum absolute atomic E-state index is 0.164. The molecule has 7 nitrogen and oxygen atoms in total. The topological polar surface area (TPSA) is 71.3 Å². The summed E-state index contributed by atoms with van der Waals surface area (Å²) in [5, 5.41) is 0. The van der Waals surface area contributed by atoms with Crippen LogP contribution in [-0.4, -0.2) is 37.9 Å². The average Bonchev–Trinajstić information content (AvgIpc) is 3.08. The van der Waals surface area contributed by atoms with Crippen molar-refractivity contribution in [1.29, 1.82) is 0 Å². The fourth-order valence-corrected chi connectivity index (χ4v) is 3.94. The maximum atomic E-state index is 12.4. The summed E-state index contributed by atoms with van der Waals surface area (Å²) < 4.78 is 24.5. The van der Waals surface area contributed by atoms with Gasteiger partial charge in [-0.15, -0.1) is 6.58 Å². The van der Waals surface area contributed by atoms with Gasteiger partial charge in [-0.2, -0.15) is 4.99 Å². The molecule has 158 valence electrons. The number of aromatic nitrogens is 1. The Morgan fingerprint density at radius 1 is 1.10 bits per heavy atom. The van der Waals surface area contributed by atoms with Crippen LogP contribution in [0.4, 0.5) is 0 Å². The Morgan fingerprint density at radius 2 is 1.73 bits per heavy atom. The van der Waals surface area contributed by atoms with E-state index in [1.165, 1.54) is 11.3 Å². The fourth-order valence-electron chi connectivity index (χ4n) is 2.87. The molecule has 1 aromatic heterocycles. The van der Waals surface area contributed by atoms with Crippen LogP contribution in [0.2, 0.25) is 0 Å². The first-order valence-electron chi connectivity index (χ1n) is 9.39. The summed E-state index contributed by atoms with van der Waals surface area (Å²) in [6, 6.07) is 10.9. The summed E-state index contributed by atoms with van der Waals surface area (Å²) in [6.07, 6.45) is 1.75. The molecule has 0 atom stereocenters. The second-order valence-corrected chi connectivity index (χ2v) is 7.17. The lowest BCUT2D eigenvalue weighted by atomic mass is 10.3. The Labute approximate surface area is 178 Å². The van der Waals surface area contributed by atoms with Crippen LogP contribution in [0.3, 0.4) is 0 Å². The molecule has 0 radical (unpaired) electrons. The summed E-state index contributed by atoms with van der Waals surface area (Å²) >= 11 is 1.39. The van der Waals surface area contributed by atoms with Crippen molar-refractivity contribution in [3.8, 4) is 23.0 Å². The van der Waals surface area contributed by atoms with Crippen LogP contribution in [-0.2, 0) is 11.3 Å². The number of nitrogens with zero attached hydrogens (tertiary/aromatic N) is 2. The molecule has 0 spiro atoms. The summed E-state index contributed by atoms with van der Waals surface area (Å²) in [6.45, 7) is 6.65. The number of fused-ring (bicyclic) bond motifs is 1. The number of hydrogen-bond acceptors (Lipinski definition) is 6. The predicted octanol–water partition coefficient (Wildman–Crippen LogP) is 3.81.